The van der Waals surface area contributed by atoms with Gasteiger partial charge in [0.25, 0.3) is 0 Å². The van der Waals surface area contributed by atoms with Crippen LogP contribution in [0.25, 0.3) is 0 Å². The maximum atomic E-state index is 13.9. The highest BCUT2D eigenvalue weighted by molar-refractivity contribution is 7.89. The van der Waals surface area contributed by atoms with Gasteiger partial charge in [-0.05, 0) is 26.0 Å². The van der Waals surface area contributed by atoms with Gasteiger partial charge in [-0.1, -0.05) is 17.7 Å². The summed E-state index contributed by atoms with van der Waals surface area (Å²) in [6.07, 6.45) is 0. The lowest BCUT2D eigenvalue weighted by Gasteiger charge is -2.39. The van der Waals surface area contributed by atoms with Crippen LogP contribution in [0.1, 0.15) is 39.7 Å². The van der Waals surface area contributed by atoms with Crippen molar-refractivity contribution >= 4 is 27.7 Å². The van der Waals surface area contributed by atoms with Crippen LogP contribution in [0.2, 0.25) is 0 Å². The molecule has 180 valence electrons. The van der Waals surface area contributed by atoms with Crippen LogP contribution in [0.3, 0.4) is 0 Å². The summed E-state index contributed by atoms with van der Waals surface area (Å²) in [6.45, 7) is 2.31. The van der Waals surface area contributed by atoms with Gasteiger partial charge in [-0.25, -0.2) is 27.0 Å². The fourth-order valence-electron chi connectivity index (χ4n) is 3.46. The van der Waals surface area contributed by atoms with Gasteiger partial charge in [-0.2, -0.15) is 5.26 Å². The number of rotatable bonds is 8. The number of aryl methyl sites for hydroxylation is 1. The van der Waals surface area contributed by atoms with Crippen molar-refractivity contribution in [1.29, 1.82) is 5.26 Å². The van der Waals surface area contributed by atoms with Crippen molar-refractivity contribution in [3.8, 4) is 6.07 Å². The van der Waals surface area contributed by atoms with Crippen molar-refractivity contribution < 1.29 is 31.5 Å². The van der Waals surface area contributed by atoms with Crippen LogP contribution in [0.15, 0.2) is 24.3 Å². The van der Waals surface area contributed by atoms with E-state index in [1.165, 1.54) is 23.1 Å². The average Bonchev–Trinajstić information content (AvgIpc) is 2.74. The van der Waals surface area contributed by atoms with E-state index in [1.807, 2.05) is 10.8 Å². The Morgan fingerprint density at radius 1 is 1.32 bits per heavy atom. The Bertz CT molecular complexity index is 1270. The first kappa shape index (κ1) is 25.0. The summed E-state index contributed by atoms with van der Waals surface area (Å²) in [5, 5.41) is 9.44. The number of nitrogens with zero attached hydrogens (tertiary/aromatic N) is 3. The number of aromatic nitrogens is 1. The summed E-state index contributed by atoms with van der Waals surface area (Å²) in [4.78, 5) is 30.0. The zero-order valence-electron chi connectivity index (χ0n) is 18.5. The molecule has 1 amide bonds. The van der Waals surface area contributed by atoms with Crippen molar-refractivity contribution in [3.63, 3.8) is 0 Å². The molecular formula is C22H22F2N4O5S. The molecule has 1 aromatic heterocycles. The lowest BCUT2D eigenvalue weighted by molar-refractivity contribution is -0.123. The Hall–Kier alpha value is -3.59. The summed E-state index contributed by atoms with van der Waals surface area (Å²) >= 11 is 0. The third kappa shape index (κ3) is 5.48. The number of nitriles is 1. The fourth-order valence-corrected chi connectivity index (χ4v) is 4.64. The van der Waals surface area contributed by atoms with E-state index in [4.69, 9.17) is 4.74 Å². The molecule has 0 radical (unpaired) electrons. The van der Waals surface area contributed by atoms with E-state index in [9.17, 15) is 32.0 Å². The van der Waals surface area contributed by atoms with Crippen LogP contribution in [-0.2, 0) is 32.0 Å². The molecule has 1 aliphatic heterocycles. The molecule has 2 heterocycles. The first-order chi connectivity index (χ1) is 16.1. The molecule has 0 spiro atoms. The Kier molecular flexibility index (Phi) is 7.46. The van der Waals surface area contributed by atoms with Crippen LogP contribution < -0.4 is 9.62 Å². The number of sulfonamides is 1. The SMILES string of the molecule is CCOC(=O)c1cc(C#N)c(N2CC(C(=O)NS(=O)(=O)Cc3cc(C)ccc3F)C2)nc1CF. The van der Waals surface area contributed by atoms with Gasteiger partial charge in [0.2, 0.25) is 15.9 Å². The Labute approximate surface area is 195 Å². The summed E-state index contributed by atoms with van der Waals surface area (Å²) in [5.74, 6) is -3.64. The van der Waals surface area contributed by atoms with E-state index in [0.29, 0.717) is 5.56 Å². The van der Waals surface area contributed by atoms with Gasteiger partial charge in [-0.15, -0.1) is 0 Å². The largest absolute Gasteiger partial charge is 0.462 e. The molecule has 3 rings (SSSR count). The zero-order valence-corrected chi connectivity index (χ0v) is 19.3. The molecule has 0 atom stereocenters. The number of hydrogen-bond acceptors (Lipinski definition) is 8. The predicted molar refractivity (Wildman–Crippen MR) is 117 cm³/mol. The summed E-state index contributed by atoms with van der Waals surface area (Å²) in [7, 11) is -4.15. The first-order valence-electron chi connectivity index (χ1n) is 10.3. The fraction of sp³-hybridized carbons (Fsp3) is 0.364. The Balaban J connectivity index is 1.69. The van der Waals surface area contributed by atoms with E-state index in [2.05, 4.69) is 4.98 Å². The predicted octanol–water partition coefficient (Wildman–Crippen LogP) is 2.13. The van der Waals surface area contributed by atoms with Gasteiger partial charge in [-0.3, -0.25) is 9.52 Å². The van der Waals surface area contributed by atoms with Crippen molar-refractivity contribution in [1.82, 2.24) is 9.71 Å². The number of carbonyl (C=O) groups is 2. The Morgan fingerprint density at radius 3 is 2.65 bits per heavy atom. The quantitative estimate of drug-likeness (QED) is 0.555. The number of alkyl halides is 1. The Morgan fingerprint density at radius 2 is 2.03 bits per heavy atom. The van der Waals surface area contributed by atoms with E-state index >= 15 is 0 Å². The van der Waals surface area contributed by atoms with Crippen LogP contribution >= 0.6 is 0 Å². The minimum Gasteiger partial charge on any atom is -0.462 e. The summed E-state index contributed by atoms with van der Waals surface area (Å²) in [5.41, 5.74) is 0.243. The van der Waals surface area contributed by atoms with Crippen molar-refractivity contribution in [2.45, 2.75) is 26.3 Å². The number of carbonyl (C=O) groups excluding carboxylic acids is 2. The third-order valence-electron chi connectivity index (χ3n) is 5.18. The molecule has 0 saturated carbocycles. The van der Waals surface area contributed by atoms with Crippen molar-refractivity contribution in [2.24, 2.45) is 5.92 Å². The molecule has 0 bridgehead atoms. The van der Waals surface area contributed by atoms with Crippen LogP contribution in [0.4, 0.5) is 14.6 Å². The number of anilines is 1. The van der Waals surface area contributed by atoms with Gasteiger partial charge in [0.05, 0.1) is 35.1 Å². The molecule has 12 heteroatoms. The summed E-state index contributed by atoms with van der Waals surface area (Å²) in [6, 6.07) is 7.12. The molecule has 34 heavy (non-hydrogen) atoms. The minimum absolute atomic E-state index is 0.0124. The van der Waals surface area contributed by atoms with Gasteiger partial charge < -0.3 is 9.64 Å². The normalized spacial score (nSPS) is 13.7. The van der Waals surface area contributed by atoms with E-state index in [0.717, 1.165) is 6.07 Å². The summed E-state index contributed by atoms with van der Waals surface area (Å²) < 4.78 is 58.9. The van der Waals surface area contributed by atoms with Crippen LogP contribution in [0.5, 0.6) is 0 Å². The smallest absolute Gasteiger partial charge is 0.340 e. The van der Waals surface area contributed by atoms with Gasteiger partial charge in [0.1, 0.15) is 24.4 Å². The van der Waals surface area contributed by atoms with Crippen LogP contribution in [0, 0.1) is 30.0 Å². The van der Waals surface area contributed by atoms with Gasteiger partial charge in [0, 0.05) is 18.7 Å². The number of pyridine rings is 1. The minimum atomic E-state index is -4.15. The van der Waals surface area contributed by atoms with E-state index in [-0.39, 0.29) is 47.9 Å². The van der Waals surface area contributed by atoms with E-state index < -0.39 is 46.1 Å². The number of nitrogens with one attached hydrogen (secondary N) is 1. The number of amides is 1. The molecule has 2 aromatic rings. The standard InChI is InChI=1S/C22H22F2N4O5S/c1-3-33-22(30)17-7-14(9-25)20(26-19(17)8-23)28-10-16(11-28)21(29)27-34(31,32)12-15-6-13(2)4-5-18(15)24/h4-7,16H,3,8,10-12H2,1-2H3,(H,27,29). The number of ether oxygens (including phenoxy) is 1. The lowest BCUT2D eigenvalue weighted by Crippen LogP contribution is -2.55. The maximum Gasteiger partial charge on any atom is 0.340 e. The highest BCUT2D eigenvalue weighted by Crippen LogP contribution is 2.29. The first-order valence-corrected chi connectivity index (χ1v) is 11.9. The molecule has 9 nitrogen and oxygen atoms in total. The molecule has 1 fully saturated rings. The number of benzene rings is 1. The molecule has 1 aliphatic rings. The molecule has 1 aromatic carbocycles. The number of halogens is 2. The van der Waals surface area contributed by atoms with Gasteiger partial charge >= 0.3 is 5.97 Å². The maximum absolute atomic E-state index is 13.9. The third-order valence-corrected chi connectivity index (χ3v) is 6.38. The zero-order chi connectivity index (χ0) is 25.0. The van der Waals surface area contributed by atoms with Crippen molar-refractivity contribution in [3.05, 3.63) is 58.0 Å². The van der Waals surface area contributed by atoms with E-state index in [1.54, 1.807) is 13.8 Å². The molecule has 0 aliphatic carbocycles. The van der Waals surface area contributed by atoms with Gasteiger partial charge in [0.15, 0.2) is 0 Å². The molecular weight excluding hydrogens is 470 g/mol. The average molecular weight is 493 g/mol. The topological polar surface area (TPSA) is 129 Å². The number of esters is 1. The second kappa shape index (κ2) is 10.1. The monoisotopic (exact) mass is 492 g/mol. The number of hydrogen-bond donors (Lipinski definition) is 1. The lowest BCUT2D eigenvalue weighted by atomic mass is 9.98. The second-order valence-electron chi connectivity index (χ2n) is 7.74. The highest BCUT2D eigenvalue weighted by Gasteiger charge is 2.37. The molecule has 1 N–H and O–H groups in total. The molecule has 0 unspecified atom stereocenters. The second-order valence-corrected chi connectivity index (χ2v) is 9.46. The molecule has 1 saturated heterocycles. The van der Waals surface area contributed by atoms with Crippen molar-refractivity contribution in [2.75, 3.05) is 24.6 Å². The highest BCUT2D eigenvalue weighted by atomic mass is 32.2. The van der Waals surface area contributed by atoms with Crippen LogP contribution in [-0.4, -0.2) is 45.0 Å².